The summed E-state index contributed by atoms with van der Waals surface area (Å²) in [6.45, 7) is 5.24. The number of esters is 1. The van der Waals surface area contributed by atoms with Gasteiger partial charge in [0, 0.05) is 10.9 Å². The quantitative estimate of drug-likeness (QED) is 0.785. The first-order valence-electron chi connectivity index (χ1n) is 7.06. The van der Waals surface area contributed by atoms with Crippen molar-refractivity contribution in [2.24, 2.45) is 0 Å². The number of hydrogen-bond donors (Lipinski definition) is 1. The van der Waals surface area contributed by atoms with Crippen LogP contribution in [0.4, 0.5) is 4.79 Å². The number of ether oxygens (including phenoxy) is 3. The lowest BCUT2D eigenvalue weighted by atomic mass is 10.0. The van der Waals surface area contributed by atoms with Gasteiger partial charge in [0.15, 0.2) is 0 Å². The summed E-state index contributed by atoms with van der Waals surface area (Å²) in [7, 11) is 2.81. The molecule has 128 valence electrons. The topological polar surface area (TPSA) is 73.9 Å². The van der Waals surface area contributed by atoms with Crippen LogP contribution in [0.15, 0.2) is 22.7 Å². The largest absolute Gasteiger partial charge is 0.496 e. The van der Waals surface area contributed by atoms with E-state index < -0.39 is 23.7 Å². The highest BCUT2D eigenvalue weighted by Crippen LogP contribution is 2.25. The van der Waals surface area contributed by atoms with E-state index in [4.69, 9.17) is 14.2 Å². The minimum atomic E-state index is -0.870. The molecular formula is C16H22BrNO5. The molecule has 0 aliphatic carbocycles. The zero-order valence-corrected chi connectivity index (χ0v) is 15.5. The molecule has 0 spiro atoms. The third-order valence-corrected chi connectivity index (χ3v) is 3.34. The van der Waals surface area contributed by atoms with Gasteiger partial charge >= 0.3 is 12.1 Å². The van der Waals surface area contributed by atoms with E-state index in [1.54, 1.807) is 33.9 Å². The Hall–Kier alpha value is -1.76. The molecule has 1 aromatic carbocycles. The smallest absolute Gasteiger partial charge is 0.408 e. The molecule has 0 unspecified atom stereocenters. The maximum absolute atomic E-state index is 11.9. The third kappa shape index (κ3) is 6.48. The molecule has 0 bridgehead atoms. The average molecular weight is 388 g/mol. The molecule has 1 rings (SSSR count). The zero-order valence-electron chi connectivity index (χ0n) is 13.9. The first kappa shape index (κ1) is 19.3. The fourth-order valence-corrected chi connectivity index (χ4v) is 2.23. The average Bonchev–Trinajstić information content (AvgIpc) is 2.45. The van der Waals surface area contributed by atoms with Crippen molar-refractivity contribution < 1.29 is 23.8 Å². The monoisotopic (exact) mass is 387 g/mol. The predicted octanol–water partition coefficient (Wildman–Crippen LogP) is 3.07. The Kier molecular flexibility index (Phi) is 6.87. The van der Waals surface area contributed by atoms with Gasteiger partial charge in [0.05, 0.1) is 14.2 Å². The molecule has 0 aliphatic rings. The van der Waals surface area contributed by atoms with Gasteiger partial charge in [-0.1, -0.05) is 22.0 Å². The number of carbonyl (C=O) groups excluding carboxylic acids is 2. The molecule has 7 heteroatoms. The van der Waals surface area contributed by atoms with Crippen molar-refractivity contribution in [1.82, 2.24) is 5.32 Å². The van der Waals surface area contributed by atoms with Gasteiger partial charge in [-0.3, -0.25) is 0 Å². The van der Waals surface area contributed by atoms with E-state index in [1.807, 2.05) is 12.1 Å². The standard InChI is InChI=1S/C16H22BrNO5/c1-16(2,3)23-15(20)18-12(14(19)22-5)8-10-6-7-11(17)9-13(10)21-4/h6-7,9,12H,8H2,1-5H3,(H,18,20)/t12-/m0/s1. The van der Waals surface area contributed by atoms with E-state index in [0.29, 0.717) is 5.75 Å². The molecular weight excluding hydrogens is 366 g/mol. The Morgan fingerprint density at radius 3 is 2.43 bits per heavy atom. The van der Waals surface area contributed by atoms with Gasteiger partial charge in [0.1, 0.15) is 17.4 Å². The van der Waals surface area contributed by atoms with Crippen molar-refractivity contribution in [3.8, 4) is 5.75 Å². The van der Waals surface area contributed by atoms with Crippen LogP contribution in [0, 0.1) is 0 Å². The van der Waals surface area contributed by atoms with Crippen molar-refractivity contribution in [2.75, 3.05) is 14.2 Å². The summed E-state index contributed by atoms with van der Waals surface area (Å²) in [5.41, 5.74) is 0.113. The highest BCUT2D eigenvalue weighted by Gasteiger charge is 2.26. The number of nitrogens with one attached hydrogen (secondary N) is 1. The fourth-order valence-electron chi connectivity index (χ4n) is 1.89. The van der Waals surface area contributed by atoms with E-state index in [9.17, 15) is 9.59 Å². The molecule has 0 aromatic heterocycles. The summed E-state index contributed by atoms with van der Waals surface area (Å²) in [6.07, 6.45) is -0.452. The van der Waals surface area contributed by atoms with Crippen LogP contribution in [0.1, 0.15) is 26.3 Å². The van der Waals surface area contributed by atoms with Crippen LogP contribution in [-0.2, 0) is 20.7 Å². The molecule has 1 atom stereocenters. The van der Waals surface area contributed by atoms with Gasteiger partial charge in [-0.15, -0.1) is 0 Å². The molecule has 0 saturated carbocycles. The fraction of sp³-hybridized carbons (Fsp3) is 0.500. The van der Waals surface area contributed by atoms with E-state index in [-0.39, 0.29) is 6.42 Å². The normalized spacial score (nSPS) is 12.3. The second kappa shape index (κ2) is 8.19. The van der Waals surface area contributed by atoms with Crippen LogP contribution in [-0.4, -0.2) is 37.9 Å². The number of amides is 1. The van der Waals surface area contributed by atoms with Crippen LogP contribution in [0.25, 0.3) is 0 Å². The van der Waals surface area contributed by atoms with Crippen molar-refractivity contribution in [2.45, 2.75) is 38.8 Å². The van der Waals surface area contributed by atoms with Gasteiger partial charge in [-0.05, 0) is 38.5 Å². The van der Waals surface area contributed by atoms with Crippen LogP contribution in [0.3, 0.4) is 0 Å². The minimum Gasteiger partial charge on any atom is -0.496 e. The second-order valence-electron chi connectivity index (χ2n) is 5.88. The van der Waals surface area contributed by atoms with E-state index >= 15 is 0 Å². The Bertz CT molecular complexity index is 568. The molecule has 0 aliphatic heterocycles. The van der Waals surface area contributed by atoms with E-state index in [2.05, 4.69) is 21.2 Å². The number of benzene rings is 1. The zero-order chi connectivity index (χ0) is 17.6. The Balaban J connectivity index is 2.92. The summed E-state index contributed by atoms with van der Waals surface area (Å²) in [5.74, 6) is 0.0556. The number of rotatable bonds is 5. The summed E-state index contributed by atoms with van der Waals surface area (Å²) in [6, 6.07) is 4.57. The lowest BCUT2D eigenvalue weighted by Crippen LogP contribution is -2.45. The maximum atomic E-state index is 11.9. The second-order valence-corrected chi connectivity index (χ2v) is 6.80. The lowest BCUT2D eigenvalue weighted by Gasteiger charge is -2.23. The molecule has 1 N–H and O–H groups in total. The molecule has 6 nitrogen and oxygen atoms in total. The highest BCUT2D eigenvalue weighted by molar-refractivity contribution is 9.10. The van der Waals surface area contributed by atoms with Crippen LogP contribution in [0.2, 0.25) is 0 Å². The van der Waals surface area contributed by atoms with Crippen LogP contribution in [0.5, 0.6) is 5.75 Å². The first-order valence-corrected chi connectivity index (χ1v) is 7.85. The SMILES string of the molecule is COC(=O)[C@H](Cc1ccc(Br)cc1OC)NC(=O)OC(C)(C)C. The first-order chi connectivity index (χ1) is 10.7. The van der Waals surface area contributed by atoms with E-state index in [0.717, 1.165) is 10.0 Å². The molecule has 23 heavy (non-hydrogen) atoms. The number of alkyl carbamates (subject to hydrolysis) is 1. The Morgan fingerprint density at radius 2 is 1.91 bits per heavy atom. The maximum Gasteiger partial charge on any atom is 0.408 e. The number of hydrogen-bond acceptors (Lipinski definition) is 5. The van der Waals surface area contributed by atoms with Gasteiger partial charge < -0.3 is 19.5 Å². The molecule has 0 heterocycles. The number of halogens is 1. The Labute approximate surface area is 144 Å². The highest BCUT2D eigenvalue weighted by atomic mass is 79.9. The Morgan fingerprint density at radius 1 is 1.26 bits per heavy atom. The van der Waals surface area contributed by atoms with Gasteiger partial charge in [-0.2, -0.15) is 0 Å². The molecule has 0 saturated heterocycles. The van der Waals surface area contributed by atoms with Crippen molar-refractivity contribution in [1.29, 1.82) is 0 Å². The predicted molar refractivity (Wildman–Crippen MR) is 89.6 cm³/mol. The summed E-state index contributed by atoms with van der Waals surface area (Å²) >= 11 is 3.36. The van der Waals surface area contributed by atoms with Crippen molar-refractivity contribution in [3.05, 3.63) is 28.2 Å². The van der Waals surface area contributed by atoms with Crippen molar-refractivity contribution >= 4 is 28.0 Å². The van der Waals surface area contributed by atoms with Crippen LogP contribution >= 0.6 is 15.9 Å². The van der Waals surface area contributed by atoms with Gasteiger partial charge in [0.2, 0.25) is 0 Å². The van der Waals surface area contributed by atoms with Gasteiger partial charge in [0.25, 0.3) is 0 Å². The molecule has 0 radical (unpaired) electrons. The number of methoxy groups -OCH3 is 2. The van der Waals surface area contributed by atoms with Gasteiger partial charge in [-0.25, -0.2) is 9.59 Å². The summed E-state index contributed by atoms with van der Waals surface area (Å²) in [5, 5.41) is 2.54. The third-order valence-electron chi connectivity index (χ3n) is 2.85. The lowest BCUT2D eigenvalue weighted by molar-refractivity contribution is -0.143. The summed E-state index contributed by atoms with van der Waals surface area (Å²) in [4.78, 5) is 23.8. The van der Waals surface area contributed by atoms with E-state index in [1.165, 1.54) is 7.11 Å². The molecule has 0 fully saturated rings. The number of carbonyl (C=O) groups is 2. The molecule has 1 amide bonds. The van der Waals surface area contributed by atoms with Crippen molar-refractivity contribution in [3.63, 3.8) is 0 Å². The minimum absolute atomic E-state index is 0.225. The molecule has 1 aromatic rings. The summed E-state index contributed by atoms with van der Waals surface area (Å²) < 4.78 is 16.1. The van der Waals surface area contributed by atoms with Crippen LogP contribution < -0.4 is 10.1 Å².